The minimum Gasteiger partial charge on any atom is -0.481 e. The van der Waals surface area contributed by atoms with Crippen LogP contribution in [0.4, 0.5) is 0 Å². The van der Waals surface area contributed by atoms with Gasteiger partial charge in [-0.1, -0.05) is 77.0 Å². The van der Waals surface area contributed by atoms with E-state index < -0.39 is 29.7 Å². The third-order valence-corrected chi connectivity index (χ3v) is 9.33. The van der Waals surface area contributed by atoms with Gasteiger partial charge in [0.25, 0.3) is 11.8 Å². The molecule has 1 rings (SSSR count). The molecule has 0 radical (unpaired) electrons. The molecule has 1 aliphatic rings. The molecule has 0 aromatic rings. The Balaban J connectivity index is 1.90. The number of carbonyl (C=O) groups excluding carboxylic acids is 7. The lowest BCUT2D eigenvalue weighted by molar-refractivity contribution is -0.197. The van der Waals surface area contributed by atoms with Crippen molar-refractivity contribution in [1.82, 2.24) is 10.4 Å². The summed E-state index contributed by atoms with van der Waals surface area (Å²) >= 11 is 0. The number of Topliss-reactive ketones (excluding diaryl/α,β-unsaturated/α-hetero) is 2. The smallest absolute Gasteiger partial charge is 0.333 e. The van der Waals surface area contributed by atoms with E-state index in [2.05, 4.69) is 5.32 Å². The summed E-state index contributed by atoms with van der Waals surface area (Å²) in [5.41, 5.74) is 0. The molecule has 1 saturated heterocycles. The average Bonchev–Trinajstić information content (AvgIpc) is 3.50. The van der Waals surface area contributed by atoms with E-state index in [9.17, 15) is 43.5 Å². The highest BCUT2D eigenvalue weighted by atomic mass is 16.7. The average molecular weight is 813 g/mol. The molecule has 16 nitrogen and oxygen atoms in total. The predicted molar refractivity (Wildman–Crippen MR) is 208 cm³/mol. The number of carbonyl (C=O) groups is 8. The van der Waals surface area contributed by atoms with Crippen molar-refractivity contribution in [2.24, 2.45) is 5.92 Å². The van der Waals surface area contributed by atoms with Crippen LogP contribution in [-0.4, -0.2) is 117 Å². The third kappa shape index (κ3) is 30.2. The number of aldehydes is 1. The van der Waals surface area contributed by atoms with Gasteiger partial charge in [0.15, 0.2) is 5.78 Å². The summed E-state index contributed by atoms with van der Waals surface area (Å²) in [6, 6.07) is 0. The van der Waals surface area contributed by atoms with E-state index in [-0.39, 0.29) is 95.6 Å². The van der Waals surface area contributed by atoms with Crippen LogP contribution in [0.2, 0.25) is 0 Å². The highest BCUT2D eigenvalue weighted by molar-refractivity contribution is 6.01. The molecule has 0 spiro atoms. The first-order valence-electron chi connectivity index (χ1n) is 21.0. The van der Waals surface area contributed by atoms with Gasteiger partial charge in [0.1, 0.15) is 25.3 Å². The number of unbranched alkanes of at least 4 members (excludes halogenated alkanes) is 13. The number of ether oxygens (including phenoxy) is 4. The van der Waals surface area contributed by atoms with E-state index in [1.807, 2.05) is 0 Å². The zero-order valence-corrected chi connectivity index (χ0v) is 34.0. The molecule has 0 bridgehead atoms. The second-order valence-corrected chi connectivity index (χ2v) is 14.3. The first-order chi connectivity index (χ1) is 27.6. The van der Waals surface area contributed by atoms with Crippen LogP contribution in [0.3, 0.4) is 0 Å². The van der Waals surface area contributed by atoms with Crippen LogP contribution < -0.4 is 5.32 Å². The van der Waals surface area contributed by atoms with Gasteiger partial charge in [-0.3, -0.25) is 28.8 Å². The number of nitrogens with one attached hydrogen (secondary N) is 1. The Hall–Kier alpha value is -3.60. The van der Waals surface area contributed by atoms with Gasteiger partial charge in [-0.2, -0.15) is 0 Å². The van der Waals surface area contributed by atoms with Crippen LogP contribution in [0.25, 0.3) is 0 Å². The molecule has 0 aromatic heterocycles. The monoisotopic (exact) mass is 812 g/mol. The Morgan fingerprint density at radius 3 is 1.70 bits per heavy atom. The van der Waals surface area contributed by atoms with Gasteiger partial charge in [-0.05, 0) is 25.7 Å². The second-order valence-electron chi connectivity index (χ2n) is 14.3. The summed E-state index contributed by atoms with van der Waals surface area (Å²) in [5.74, 6) is -3.85. The van der Waals surface area contributed by atoms with Gasteiger partial charge in [-0.25, -0.2) is 4.79 Å². The zero-order valence-electron chi connectivity index (χ0n) is 34.0. The van der Waals surface area contributed by atoms with Crippen molar-refractivity contribution in [3.63, 3.8) is 0 Å². The summed E-state index contributed by atoms with van der Waals surface area (Å²) in [6.07, 6.45) is 17.0. The van der Waals surface area contributed by atoms with Gasteiger partial charge < -0.3 is 39.0 Å². The lowest BCUT2D eigenvalue weighted by atomic mass is 9.94. The van der Waals surface area contributed by atoms with Crippen molar-refractivity contribution in [3.05, 3.63) is 0 Å². The lowest BCUT2D eigenvalue weighted by Crippen LogP contribution is -2.31. The van der Waals surface area contributed by atoms with Crippen molar-refractivity contribution >= 4 is 47.5 Å². The van der Waals surface area contributed by atoms with Gasteiger partial charge >= 0.3 is 11.9 Å². The van der Waals surface area contributed by atoms with Crippen LogP contribution in [-0.2, 0) is 62.1 Å². The fourth-order valence-corrected chi connectivity index (χ4v) is 6.07. The Bertz CT molecular complexity index is 1160. The van der Waals surface area contributed by atoms with Crippen LogP contribution in [0.15, 0.2) is 0 Å². The number of aliphatic carboxylic acids is 1. The maximum absolute atomic E-state index is 12.4. The highest BCUT2D eigenvalue weighted by Gasteiger charge is 2.32. The van der Waals surface area contributed by atoms with Crippen LogP contribution >= 0.6 is 0 Å². The Labute approximate surface area is 337 Å². The molecule has 0 aliphatic carbocycles. The number of carboxylic acids is 1. The fourth-order valence-electron chi connectivity index (χ4n) is 6.07. The van der Waals surface area contributed by atoms with Crippen molar-refractivity contribution < 1.29 is 67.2 Å². The molecule has 1 fully saturated rings. The molecular weight excluding hydrogens is 744 g/mol. The first-order valence-corrected chi connectivity index (χ1v) is 21.0. The van der Waals surface area contributed by atoms with Gasteiger partial charge in [0.05, 0.1) is 39.0 Å². The molecule has 0 saturated carbocycles. The van der Waals surface area contributed by atoms with E-state index in [0.717, 1.165) is 57.8 Å². The van der Waals surface area contributed by atoms with E-state index in [1.54, 1.807) is 0 Å². The Morgan fingerprint density at radius 2 is 1.12 bits per heavy atom. The minimum atomic E-state index is -1.07. The maximum atomic E-state index is 12.4. The lowest BCUT2D eigenvalue weighted by Gasteiger charge is -2.12. The number of hydroxylamine groups is 2. The van der Waals surface area contributed by atoms with Crippen molar-refractivity contribution in [2.75, 3.05) is 59.4 Å². The number of imide groups is 1. The summed E-state index contributed by atoms with van der Waals surface area (Å²) < 4.78 is 20.9. The largest absolute Gasteiger partial charge is 0.481 e. The molecule has 57 heavy (non-hydrogen) atoms. The van der Waals surface area contributed by atoms with E-state index >= 15 is 0 Å². The van der Waals surface area contributed by atoms with Gasteiger partial charge in [0.2, 0.25) is 5.91 Å². The Kier molecular flexibility index (Phi) is 32.1. The minimum absolute atomic E-state index is 0.00397. The van der Waals surface area contributed by atoms with E-state index in [4.69, 9.17) is 23.8 Å². The van der Waals surface area contributed by atoms with Crippen molar-refractivity contribution in [1.29, 1.82) is 0 Å². The zero-order chi connectivity index (χ0) is 41.8. The highest BCUT2D eigenvalue weighted by Crippen LogP contribution is 2.18. The number of hydrogen-bond donors (Lipinski definition) is 2. The van der Waals surface area contributed by atoms with E-state index in [0.29, 0.717) is 56.9 Å². The number of rotatable bonds is 41. The molecule has 1 heterocycles. The standard InChI is InChI=1S/C41H68N2O14/c44-24-27-55-29-28-53-25-15-17-36(46)33-56-31-30-54-26-23-42-37(47)20-19-34(41(51)52)32-35(45)16-13-11-9-7-5-3-1-2-4-6-8-10-12-14-18-40(50)57-43-38(48)21-22-39(43)49/h24,34H,1-23,25-33H2,(H,42,47)(H,51,52)/t34-/m1/s1. The van der Waals surface area contributed by atoms with Crippen molar-refractivity contribution in [3.8, 4) is 0 Å². The quantitative estimate of drug-likeness (QED) is 0.0472. The molecule has 326 valence electrons. The molecule has 2 N–H and O–H groups in total. The summed E-state index contributed by atoms with van der Waals surface area (Å²) in [6.45, 7) is 2.10. The van der Waals surface area contributed by atoms with Crippen LogP contribution in [0.5, 0.6) is 0 Å². The molecule has 0 aromatic carbocycles. The number of amides is 3. The maximum Gasteiger partial charge on any atom is 0.333 e. The van der Waals surface area contributed by atoms with Gasteiger partial charge in [-0.15, -0.1) is 5.06 Å². The fraction of sp³-hybridized carbons (Fsp3) is 0.805. The molecule has 1 atom stereocenters. The molecular formula is C41H68N2O14. The Morgan fingerprint density at radius 1 is 0.614 bits per heavy atom. The number of hydrogen-bond acceptors (Lipinski definition) is 13. The van der Waals surface area contributed by atoms with Crippen LogP contribution in [0.1, 0.15) is 148 Å². The normalized spacial score (nSPS) is 13.2. The van der Waals surface area contributed by atoms with E-state index in [1.165, 1.54) is 25.7 Å². The molecule has 0 unspecified atom stereocenters. The summed E-state index contributed by atoms with van der Waals surface area (Å²) in [7, 11) is 0. The van der Waals surface area contributed by atoms with Crippen LogP contribution in [0, 0.1) is 5.92 Å². The predicted octanol–water partition coefficient (Wildman–Crippen LogP) is 5.01. The number of nitrogens with zero attached hydrogens (tertiary/aromatic N) is 1. The number of ketones is 2. The van der Waals surface area contributed by atoms with Gasteiger partial charge in [0, 0.05) is 58.1 Å². The first kappa shape index (κ1) is 51.4. The number of carboxylic acid groups (broad SMARTS) is 1. The van der Waals surface area contributed by atoms with Crippen molar-refractivity contribution in [2.45, 2.75) is 148 Å². The third-order valence-electron chi connectivity index (χ3n) is 9.33. The summed E-state index contributed by atoms with van der Waals surface area (Å²) in [4.78, 5) is 97.9. The SMILES string of the molecule is O=CCOCCOCCCC(=O)COCCOCCNC(=O)CC[C@H](CC(=O)CCCCCCCCCCCCCCCCC(=O)ON1C(=O)CCC1=O)C(=O)O. The second kappa shape index (κ2) is 35.6. The summed E-state index contributed by atoms with van der Waals surface area (Å²) in [5, 5.41) is 12.8. The molecule has 3 amide bonds. The molecule has 16 heteroatoms. The topological polar surface area (TPSA) is 218 Å². The molecule has 1 aliphatic heterocycles.